The molecule has 0 fully saturated rings. The average Bonchev–Trinajstić information content (AvgIpc) is 2.12. The van der Waals surface area contributed by atoms with Crippen molar-refractivity contribution in [1.82, 2.24) is 0 Å². The highest BCUT2D eigenvalue weighted by molar-refractivity contribution is 9.10. The van der Waals surface area contributed by atoms with Crippen molar-refractivity contribution in [3.63, 3.8) is 0 Å². The highest BCUT2D eigenvalue weighted by Crippen LogP contribution is 2.40. The molecule has 2 heteroatoms. The molecule has 1 aromatic rings. The Labute approximate surface area is 105 Å². The lowest BCUT2D eigenvalue weighted by molar-refractivity contribution is 0.0928. The van der Waals surface area contributed by atoms with Crippen molar-refractivity contribution < 1.29 is 4.79 Å². The van der Waals surface area contributed by atoms with Gasteiger partial charge in [0.15, 0.2) is 5.78 Å². The van der Waals surface area contributed by atoms with Gasteiger partial charge in [-0.1, -0.05) is 47.5 Å². The molecule has 0 heterocycles. The molecule has 1 aliphatic rings. The Balaban J connectivity index is 2.64. The van der Waals surface area contributed by atoms with Crippen LogP contribution in [0.25, 0.3) is 0 Å². The smallest absolute Gasteiger partial charge is 0.177 e. The normalized spacial score (nSPS) is 23.1. The molecule has 86 valence electrons. The van der Waals surface area contributed by atoms with Crippen LogP contribution in [-0.4, -0.2) is 10.6 Å². The molecular formula is C14H17BrO. The van der Waals surface area contributed by atoms with E-state index in [1.165, 1.54) is 11.1 Å². The van der Waals surface area contributed by atoms with Gasteiger partial charge in [-0.15, -0.1) is 0 Å². The topological polar surface area (TPSA) is 17.1 Å². The van der Waals surface area contributed by atoms with Crippen molar-refractivity contribution in [2.75, 3.05) is 0 Å². The second-order valence-corrected chi connectivity index (χ2v) is 6.42. The van der Waals surface area contributed by atoms with E-state index in [-0.39, 0.29) is 16.0 Å². The molecule has 0 saturated carbocycles. The van der Waals surface area contributed by atoms with E-state index in [1.54, 1.807) is 0 Å². The molecule has 0 amide bonds. The van der Waals surface area contributed by atoms with Crippen LogP contribution in [0.4, 0.5) is 0 Å². The summed E-state index contributed by atoms with van der Waals surface area (Å²) in [5.74, 6) is 0.240. The number of aryl methyl sites for hydroxylation is 2. The Morgan fingerprint density at radius 1 is 1.31 bits per heavy atom. The molecule has 1 nitrogen and oxygen atoms in total. The molecule has 16 heavy (non-hydrogen) atoms. The van der Waals surface area contributed by atoms with Gasteiger partial charge in [0.05, 0.1) is 4.83 Å². The van der Waals surface area contributed by atoms with Crippen LogP contribution in [0.2, 0.25) is 0 Å². The van der Waals surface area contributed by atoms with Crippen LogP contribution in [0, 0.1) is 19.3 Å². The molecular weight excluding hydrogens is 264 g/mol. The zero-order chi connectivity index (χ0) is 12.1. The zero-order valence-corrected chi connectivity index (χ0v) is 11.8. The molecule has 1 aromatic carbocycles. The number of rotatable bonds is 0. The fourth-order valence-electron chi connectivity index (χ4n) is 2.61. The van der Waals surface area contributed by atoms with Crippen LogP contribution in [-0.2, 0) is 6.42 Å². The third-order valence-corrected chi connectivity index (χ3v) is 5.03. The van der Waals surface area contributed by atoms with Gasteiger partial charge in [0.25, 0.3) is 0 Å². The van der Waals surface area contributed by atoms with E-state index < -0.39 is 0 Å². The second kappa shape index (κ2) is 3.69. The first-order chi connectivity index (χ1) is 7.33. The van der Waals surface area contributed by atoms with Crippen LogP contribution in [0.1, 0.15) is 40.9 Å². The molecule has 0 N–H and O–H groups in total. The van der Waals surface area contributed by atoms with Gasteiger partial charge in [-0.3, -0.25) is 4.79 Å². The average molecular weight is 281 g/mol. The van der Waals surface area contributed by atoms with Crippen molar-refractivity contribution in [3.05, 3.63) is 34.4 Å². The van der Waals surface area contributed by atoms with Gasteiger partial charge in [-0.05, 0) is 36.8 Å². The summed E-state index contributed by atoms with van der Waals surface area (Å²) in [5.41, 5.74) is 4.51. The lowest BCUT2D eigenvalue weighted by atomic mass is 9.72. The number of benzene rings is 1. The van der Waals surface area contributed by atoms with Crippen LogP contribution in [0.5, 0.6) is 0 Å². The molecule has 1 unspecified atom stereocenters. The van der Waals surface area contributed by atoms with E-state index >= 15 is 0 Å². The van der Waals surface area contributed by atoms with Gasteiger partial charge in [-0.25, -0.2) is 0 Å². The summed E-state index contributed by atoms with van der Waals surface area (Å²) >= 11 is 3.55. The summed E-state index contributed by atoms with van der Waals surface area (Å²) in [7, 11) is 0. The van der Waals surface area contributed by atoms with Crippen LogP contribution < -0.4 is 0 Å². The van der Waals surface area contributed by atoms with E-state index in [0.717, 1.165) is 17.5 Å². The predicted molar refractivity (Wildman–Crippen MR) is 70.4 cm³/mol. The molecule has 0 aliphatic heterocycles. The highest BCUT2D eigenvalue weighted by atomic mass is 79.9. The number of hydrogen-bond donors (Lipinski definition) is 0. The van der Waals surface area contributed by atoms with Gasteiger partial charge < -0.3 is 0 Å². The Morgan fingerprint density at radius 3 is 2.56 bits per heavy atom. The number of ketones is 1. The van der Waals surface area contributed by atoms with Crippen LogP contribution in [0.3, 0.4) is 0 Å². The van der Waals surface area contributed by atoms with Gasteiger partial charge in [0, 0.05) is 5.56 Å². The summed E-state index contributed by atoms with van der Waals surface area (Å²) in [4.78, 5) is 12.3. The summed E-state index contributed by atoms with van der Waals surface area (Å²) < 4.78 is 0. The molecule has 0 aromatic heterocycles. The summed E-state index contributed by atoms with van der Waals surface area (Å²) in [6.07, 6.45) is 0.965. The molecule has 2 rings (SSSR count). The maximum Gasteiger partial charge on any atom is 0.177 e. The number of Topliss-reactive ketones (excluding diaryl/α,β-unsaturated/α-hetero) is 1. The fraction of sp³-hybridized carbons (Fsp3) is 0.500. The van der Waals surface area contributed by atoms with Crippen LogP contribution in [0.15, 0.2) is 12.1 Å². The Morgan fingerprint density at radius 2 is 1.94 bits per heavy atom. The van der Waals surface area contributed by atoms with E-state index in [1.807, 2.05) is 6.92 Å². The van der Waals surface area contributed by atoms with E-state index in [2.05, 4.69) is 48.8 Å². The summed E-state index contributed by atoms with van der Waals surface area (Å²) in [6.45, 7) is 8.41. The van der Waals surface area contributed by atoms with Gasteiger partial charge in [0.1, 0.15) is 0 Å². The minimum atomic E-state index is -0.0612. The second-order valence-electron chi connectivity index (χ2n) is 5.51. The maximum atomic E-state index is 12.3. The zero-order valence-electron chi connectivity index (χ0n) is 10.2. The van der Waals surface area contributed by atoms with Crippen molar-refractivity contribution in [2.24, 2.45) is 5.41 Å². The van der Waals surface area contributed by atoms with Gasteiger partial charge in [-0.2, -0.15) is 0 Å². The molecule has 1 aliphatic carbocycles. The monoisotopic (exact) mass is 280 g/mol. The first-order valence-corrected chi connectivity index (χ1v) is 6.53. The van der Waals surface area contributed by atoms with Crippen molar-refractivity contribution in [2.45, 2.75) is 38.9 Å². The first kappa shape index (κ1) is 11.8. The van der Waals surface area contributed by atoms with Crippen LogP contribution >= 0.6 is 15.9 Å². The maximum absolute atomic E-state index is 12.3. The third-order valence-electron chi connectivity index (χ3n) is 3.37. The molecule has 0 radical (unpaired) electrons. The number of carbonyl (C=O) groups is 1. The summed E-state index contributed by atoms with van der Waals surface area (Å²) in [5, 5.41) is 0. The molecule has 0 bridgehead atoms. The third kappa shape index (κ3) is 1.73. The standard InChI is InChI=1S/C14H17BrO/c1-8-5-9(2)11-10(6-8)7-14(3,4)13(15)12(11)16/h5-6,13H,7H2,1-4H3. The number of hydrogen-bond acceptors (Lipinski definition) is 1. The lowest BCUT2D eigenvalue weighted by Gasteiger charge is -2.36. The predicted octanol–water partition coefficient (Wildman–Crippen LogP) is 3.83. The number of fused-ring (bicyclic) bond motifs is 1. The quantitative estimate of drug-likeness (QED) is 0.660. The number of alkyl halides is 1. The number of carbonyl (C=O) groups excluding carboxylic acids is 1. The van der Waals surface area contributed by atoms with Gasteiger partial charge >= 0.3 is 0 Å². The first-order valence-electron chi connectivity index (χ1n) is 5.61. The molecule has 0 spiro atoms. The van der Waals surface area contributed by atoms with E-state index in [9.17, 15) is 4.79 Å². The Kier molecular flexibility index (Phi) is 2.73. The summed E-state index contributed by atoms with van der Waals surface area (Å²) in [6, 6.07) is 4.25. The lowest BCUT2D eigenvalue weighted by Crippen LogP contribution is -2.39. The Hall–Kier alpha value is -0.630. The van der Waals surface area contributed by atoms with E-state index in [4.69, 9.17) is 0 Å². The van der Waals surface area contributed by atoms with Crippen molar-refractivity contribution in [3.8, 4) is 0 Å². The SMILES string of the molecule is Cc1cc(C)c2c(c1)CC(C)(C)C(Br)C2=O. The minimum absolute atomic E-state index is 0.00428. The minimum Gasteiger partial charge on any atom is -0.293 e. The largest absolute Gasteiger partial charge is 0.293 e. The van der Waals surface area contributed by atoms with Gasteiger partial charge in [0.2, 0.25) is 0 Å². The highest BCUT2D eigenvalue weighted by Gasteiger charge is 2.40. The number of halogens is 1. The molecule has 0 saturated heterocycles. The van der Waals surface area contributed by atoms with E-state index in [0.29, 0.717) is 0 Å². The van der Waals surface area contributed by atoms with Crippen molar-refractivity contribution in [1.29, 1.82) is 0 Å². The fourth-order valence-corrected chi connectivity index (χ4v) is 3.00. The Bertz CT molecular complexity index is 460. The molecule has 1 atom stereocenters. The van der Waals surface area contributed by atoms with Crippen molar-refractivity contribution >= 4 is 21.7 Å².